The van der Waals surface area contributed by atoms with Gasteiger partial charge < -0.3 is 10.6 Å². The average Bonchev–Trinajstić information content (AvgIpc) is 2.94. The van der Waals surface area contributed by atoms with Gasteiger partial charge in [-0.15, -0.1) is 12.4 Å². The number of hydrogen-bond acceptors (Lipinski definition) is 2. The van der Waals surface area contributed by atoms with E-state index in [4.69, 9.17) is 5.73 Å². The van der Waals surface area contributed by atoms with E-state index in [0.717, 1.165) is 44.5 Å². The molecule has 0 aromatic heterocycles. The van der Waals surface area contributed by atoms with Crippen LogP contribution in [0.1, 0.15) is 47.2 Å². The van der Waals surface area contributed by atoms with E-state index in [0.29, 0.717) is 5.92 Å². The van der Waals surface area contributed by atoms with Gasteiger partial charge in [0, 0.05) is 18.7 Å². The standard InChI is InChI=1S/C17H24N2O.ClH/c18-9-8-13-3-2-10-19(12-13)17(20)16-7-6-14-4-1-5-15(14)11-16;/h6-7,11,13H,1-5,8-10,12,18H2;1H. The van der Waals surface area contributed by atoms with Crippen molar-refractivity contribution in [2.24, 2.45) is 11.7 Å². The van der Waals surface area contributed by atoms with E-state index in [1.54, 1.807) is 0 Å². The number of benzene rings is 1. The molecule has 4 heteroatoms. The molecular formula is C17H25ClN2O. The second-order valence-corrected chi connectivity index (χ2v) is 6.17. The topological polar surface area (TPSA) is 46.3 Å². The van der Waals surface area contributed by atoms with E-state index in [1.165, 1.54) is 30.4 Å². The summed E-state index contributed by atoms with van der Waals surface area (Å²) < 4.78 is 0. The monoisotopic (exact) mass is 308 g/mol. The van der Waals surface area contributed by atoms with Crippen LogP contribution >= 0.6 is 12.4 Å². The lowest BCUT2D eigenvalue weighted by atomic mass is 9.94. The largest absolute Gasteiger partial charge is 0.338 e. The van der Waals surface area contributed by atoms with Crippen LogP contribution in [-0.4, -0.2) is 30.4 Å². The third-order valence-corrected chi connectivity index (χ3v) is 4.73. The Balaban J connectivity index is 0.00000161. The van der Waals surface area contributed by atoms with E-state index in [1.807, 2.05) is 11.0 Å². The van der Waals surface area contributed by atoms with Crippen molar-refractivity contribution in [3.63, 3.8) is 0 Å². The van der Waals surface area contributed by atoms with Crippen LogP contribution < -0.4 is 5.73 Å². The van der Waals surface area contributed by atoms with Gasteiger partial charge in [-0.2, -0.15) is 0 Å². The normalized spacial score (nSPS) is 20.8. The molecule has 0 saturated carbocycles. The molecule has 1 heterocycles. The number of aryl methyl sites for hydroxylation is 2. The summed E-state index contributed by atoms with van der Waals surface area (Å²) >= 11 is 0. The van der Waals surface area contributed by atoms with Crippen molar-refractivity contribution in [1.29, 1.82) is 0 Å². The average molecular weight is 309 g/mol. The van der Waals surface area contributed by atoms with E-state index >= 15 is 0 Å². The Morgan fingerprint density at radius 1 is 1.24 bits per heavy atom. The van der Waals surface area contributed by atoms with Crippen molar-refractivity contribution in [2.45, 2.75) is 38.5 Å². The lowest BCUT2D eigenvalue weighted by Crippen LogP contribution is -2.40. The number of amides is 1. The molecule has 3 nitrogen and oxygen atoms in total. The predicted octanol–water partition coefficient (Wildman–Crippen LogP) is 2.80. The summed E-state index contributed by atoms with van der Waals surface area (Å²) in [5.41, 5.74) is 9.34. The SMILES string of the molecule is Cl.NCCC1CCCN(C(=O)c2ccc3c(c2)CCC3)C1. The van der Waals surface area contributed by atoms with Crippen LogP contribution in [0.5, 0.6) is 0 Å². The molecule has 1 aliphatic heterocycles. The molecule has 1 atom stereocenters. The van der Waals surface area contributed by atoms with Crippen LogP contribution in [0.3, 0.4) is 0 Å². The molecule has 2 aliphatic rings. The summed E-state index contributed by atoms with van der Waals surface area (Å²) in [5.74, 6) is 0.800. The molecule has 1 aromatic rings. The Labute approximate surface area is 133 Å². The number of fused-ring (bicyclic) bond motifs is 1. The number of carbonyl (C=O) groups excluding carboxylic acids is 1. The quantitative estimate of drug-likeness (QED) is 0.933. The second-order valence-electron chi connectivity index (χ2n) is 6.17. The van der Waals surface area contributed by atoms with Gasteiger partial charge in [0.2, 0.25) is 0 Å². The molecule has 0 radical (unpaired) electrons. The number of hydrogen-bond donors (Lipinski definition) is 1. The summed E-state index contributed by atoms with van der Waals surface area (Å²) in [6.07, 6.45) is 6.90. The Kier molecular flexibility index (Phi) is 5.65. The van der Waals surface area contributed by atoms with Crippen LogP contribution in [0, 0.1) is 5.92 Å². The number of piperidine rings is 1. The van der Waals surface area contributed by atoms with Gasteiger partial charge in [0.25, 0.3) is 5.91 Å². The fourth-order valence-corrected chi connectivity index (χ4v) is 3.61. The number of halogens is 1. The molecule has 1 aromatic carbocycles. The van der Waals surface area contributed by atoms with Crippen LogP contribution in [0.4, 0.5) is 0 Å². The summed E-state index contributed by atoms with van der Waals surface area (Å²) in [6, 6.07) is 6.28. The first-order valence-electron chi connectivity index (χ1n) is 7.89. The van der Waals surface area contributed by atoms with Gasteiger partial charge in [0.15, 0.2) is 0 Å². The number of likely N-dealkylation sites (tertiary alicyclic amines) is 1. The van der Waals surface area contributed by atoms with Crippen molar-refractivity contribution < 1.29 is 4.79 Å². The highest BCUT2D eigenvalue weighted by atomic mass is 35.5. The molecule has 1 aliphatic carbocycles. The second kappa shape index (κ2) is 7.28. The fraction of sp³-hybridized carbons (Fsp3) is 0.588. The lowest BCUT2D eigenvalue weighted by molar-refractivity contribution is 0.0669. The first-order valence-corrected chi connectivity index (χ1v) is 7.89. The third-order valence-electron chi connectivity index (χ3n) is 4.73. The molecule has 3 rings (SSSR count). The molecule has 1 fully saturated rings. The fourth-order valence-electron chi connectivity index (χ4n) is 3.61. The first kappa shape index (κ1) is 16.3. The van der Waals surface area contributed by atoms with Gasteiger partial charge in [-0.1, -0.05) is 6.07 Å². The van der Waals surface area contributed by atoms with Crippen molar-refractivity contribution in [2.75, 3.05) is 19.6 Å². The Hall–Kier alpha value is -1.06. The smallest absolute Gasteiger partial charge is 0.253 e. The van der Waals surface area contributed by atoms with Gasteiger partial charge in [-0.25, -0.2) is 0 Å². The molecule has 0 spiro atoms. The zero-order valence-corrected chi connectivity index (χ0v) is 13.3. The Morgan fingerprint density at radius 2 is 2.05 bits per heavy atom. The van der Waals surface area contributed by atoms with Gasteiger partial charge >= 0.3 is 0 Å². The predicted molar refractivity (Wildman–Crippen MR) is 88.0 cm³/mol. The van der Waals surface area contributed by atoms with Crippen LogP contribution in [0.25, 0.3) is 0 Å². The van der Waals surface area contributed by atoms with Crippen molar-refractivity contribution >= 4 is 18.3 Å². The van der Waals surface area contributed by atoms with Gasteiger partial charge in [-0.3, -0.25) is 4.79 Å². The summed E-state index contributed by atoms with van der Waals surface area (Å²) in [6.45, 7) is 2.51. The van der Waals surface area contributed by atoms with Crippen LogP contribution in [-0.2, 0) is 12.8 Å². The van der Waals surface area contributed by atoms with Crippen LogP contribution in [0.2, 0.25) is 0 Å². The molecule has 0 bridgehead atoms. The maximum absolute atomic E-state index is 12.6. The van der Waals surface area contributed by atoms with Gasteiger partial charge in [-0.05, 0) is 74.2 Å². The molecule has 116 valence electrons. The number of rotatable bonds is 3. The van der Waals surface area contributed by atoms with Crippen LogP contribution in [0.15, 0.2) is 18.2 Å². The van der Waals surface area contributed by atoms with Gasteiger partial charge in [0.1, 0.15) is 0 Å². The van der Waals surface area contributed by atoms with Gasteiger partial charge in [0.05, 0.1) is 0 Å². The molecule has 21 heavy (non-hydrogen) atoms. The zero-order chi connectivity index (χ0) is 13.9. The van der Waals surface area contributed by atoms with Crippen molar-refractivity contribution in [1.82, 2.24) is 4.90 Å². The Morgan fingerprint density at radius 3 is 2.86 bits per heavy atom. The van der Waals surface area contributed by atoms with E-state index in [2.05, 4.69) is 12.1 Å². The highest BCUT2D eigenvalue weighted by Crippen LogP contribution is 2.25. The van der Waals surface area contributed by atoms with E-state index in [-0.39, 0.29) is 18.3 Å². The minimum Gasteiger partial charge on any atom is -0.338 e. The van der Waals surface area contributed by atoms with Crippen molar-refractivity contribution in [3.8, 4) is 0 Å². The molecular weight excluding hydrogens is 284 g/mol. The highest BCUT2D eigenvalue weighted by molar-refractivity contribution is 5.94. The summed E-state index contributed by atoms with van der Waals surface area (Å²) in [4.78, 5) is 14.7. The molecule has 1 amide bonds. The number of nitrogens with zero attached hydrogens (tertiary/aromatic N) is 1. The maximum Gasteiger partial charge on any atom is 0.253 e. The maximum atomic E-state index is 12.6. The zero-order valence-electron chi connectivity index (χ0n) is 12.5. The van der Waals surface area contributed by atoms with Crippen molar-refractivity contribution in [3.05, 3.63) is 34.9 Å². The van der Waals surface area contributed by atoms with E-state index in [9.17, 15) is 4.79 Å². The third kappa shape index (κ3) is 3.58. The minimum absolute atomic E-state index is 0. The number of nitrogens with two attached hydrogens (primary N) is 1. The molecule has 1 saturated heterocycles. The first-order chi connectivity index (χ1) is 9.78. The molecule has 1 unspecified atom stereocenters. The lowest BCUT2D eigenvalue weighted by Gasteiger charge is -2.32. The Bertz CT molecular complexity index is 502. The summed E-state index contributed by atoms with van der Waals surface area (Å²) in [7, 11) is 0. The highest BCUT2D eigenvalue weighted by Gasteiger charge is 2.24. The number of carbonyl (C=O) groups is 1. The minimum atomic E-state index is 0. The summed E-state index contributed by atoms with van der Waals surface area (Å²) in [5, 5.41) is 0. The van der Waals surface area contributed by atoms with E-state index < -0.39 is 0 Å². The molecule has 2 N–H and O–H groups in total.